The first-order chi connectivity index (χ1) is 8.65. The van der Waals surface area contributed by atoms with Gasteiger partial charge < -0.3 is 9.73 Å². The third-order valence-electron chi connectivity index (χ3n) is 3.52. The lowest BCUT2D eigenvalue weighted by Gasteiger charge is -1.98. The Bertz CT molecular complexity index is 566. The summed E-state index contributed by atoms with van der Waals surface area (Å²) in [5, 5.41) is 7.86. The van der Waals surface area contributed by atoms with E-state index in [0.29, 0.717) is 12.1 Å². The second-order valence-corrected chi connectivity index (χ2v) is 4.98. The fourth-order valence-corrected chi connectivity index (χ4v) is 1.92. The van der Waals surface area contributed by atoms with Gasteiger partial charge in [-0.05, 0) is 39.2 Å². The van der Waals surface area contributed by atoms with Gasteiger partial charge in [0.25, 0.3) is 0 Å². The molecule has 3 rings (SSSR count). The zero-order chi connectivity index (χ0) is 12.7. The highest BCUT2D eigenvalue weighted by Crippen LogP contribution is 2.20. The Kier molecular flexibility index (Phi) is 2.70. The van der Waals surface area contributed by atoms with Crippen LogP contribution in [0.5, 0.6) is 0 Å². The molecule has 1 fully saturated rings. The van der Waals surface area contributed by atoms with Crippen LogP contribution < -0.4 is 5.32 Å². The fraction of sp³-hybridized carbons (Fsp3) is 0.538. The Labute approximate surface area is 106 Å². The van der Waals surface area contributed by atoms with Gasteiger partial charge in [-0.25, -0.2) is 0 Å². The van der Waals surface area contributed by atoms with Gasteiger partial charge in [-0.2, -0.15) is 14.8 Å². The molecule has 0 aliphatic heterocycles. The largest absolute Gasteiger partial charge is 0.430 e. The Morgan fingerprint density at radius 1 is 1.39 bits per heavy atom. The third kappa shape index (κ3) is 2.06. The van der Waals surface area contributed by atoms with Gasteiger partial charge in [0.15, 0.2) is 0 Å². The number of oxazole rings is 1. The van der Waals surface area contributed by atoms with Crippen molar-refractivity contribution in [1.82, 2.24) is 20.1 Å². The molecule has 5 nitrogen and oxygen atoms in total. The lowest BCUT2D eigenvalue weighted by Crippen LogP contribution is -2.15. The van der Waals surface area contributed by atoms with E-state index in [1.807, 2.05) is 13.8 Å². The van der Waals surface area contributed by atoms with E-state index in [9.17, 15) is 0 Å². The predicted octanol–water partition coefficient (Wildman–Crippen LogP) is 2.04. The van der Waals surface area contributed by atoms with Crippen LogP contribution in [0.1, 0.15) is 35.5 Å². The second-order valence-electron chi connectivity index (χ2n) is 4.98. The highest BCUT2D eigenvalue weighted by molar-refractivity contribution is 5.27. The molecular formula is C13H18N4O. The highest BCUT2D eigenvalue weighted by Gasteiger charge is 2.21. The Hall–Kier alpha value is -1.62. The van der Waals surface area contributed by atoms with E-state index in [4.69, 9.17) is 4.42 Å². The molecule has 0 radical (unpaired) electrons. The van der Waals surface area contributed by atoms with Crippen LogP contribution in [0.4, 0.5) is 0 Å². The number of nitrogens with zero attached hydrogens (tertiary/aromatic N) is 3. The summed E-state index contributed by atoms with van der Waals surface area (Å²) < 4.78 is 7.27. The van der Waals surface area contributed by atoms with E-state index in [1.54, 1.807) is 10.9 Å². The Morgan fingerprint density at radius 2 is 2.17 bits per heavy atom. The van der Waals surface area contributed by atoms with Crippen LogP contribution in [0.15, 0.2) is 10.7 Å². The molecule has 0 spiro atoms. The van der Waals surface area contributed by atoms with Crippen LogP contribution in [-0.4, -0.2) is 20.8 Å². The summed E-state index contributed by atoms with van der Waals surface area (Å²) >= 11 is 0. The predicted molar refractivity (Wildman–Crippen MR) is 67.7 cm³/mol. The summed E-state index contributed by atoms with van der Waals surface area (Å²) in [7, 11) is 0. The van der Waals surface area contributed by atoms with Crippen molar-refractivity contribution in [3.63, 3.8) is 0 Å². The number of hydrogen-bond donors (Lipinski definition) is 1. The van der Waals surface area contributed by atoms with E-state index < -0.39 is 0 Å². The van der Waals surface area contributed by atoms with Gasteiger partial charge in [-0.15, -0.1) is 0 Å². The van der Waals surface area contributed by atoms with Crippen molar-refractivity contribution in [2.24, 2.45) is 0 Å². The molecule has 0 aromatic carbocycles. The molecule has 0 saturated heterocycles. The van der Waals surface area contributed by atoms with Gasteiger partial charge in [-0.3, -0.25) is 0 Å². The van der Waals surface area contributed by atoms with Gasteiger partial charge in [0, 0.05) is 18.3 Å². The maximum absolute atomic E-state index is 5.50. The molecular weight excluding hydrogens is 228 g/mol. The molecule has 2 aromatic heterocycles. The maximum Gasteiger partial charge on any atom is 0.323 e. The number of aromatic nitrogens is 3. The average Bonchev–Trinajstić information content (AvgIpc) is 3.02. The van der Waals surface area contributed by atoms with Crippen LogP contribution in [-0.2, 0) is 6.54 Å². The quantitative estimate of drug-likeness (QED) is 0.897. The molecule has 1 aliphatic rings. The first-order valence-electron chi connectivity index (χ1n) is 6.36. The Balaban J connectivity index is 1.80. The summed E-state index contributed by atoms with van der Waals surface area (Å²) in [6, 6.07) is 1.23. The van der Waals surface area contributed by atoms with Gasteiger partial charge in [-0.1, -0.05) is 0 Å². The van der Waals surface area contributed by atoms with Crippen molar-refractivity contribution in [1.29, 1.82) is 0 Å². The van der Waals surface area contributed by atoms with Crippen molar-refractivity contribution < 1.29 is 4.42 Å². The fourth-order valence-electron chi connectivity index (χ4n) is 1.92. The Morgan fingerprint density at radius 3 is 2.78 bits per heavy atom. The van der Waals surface area contributed by atoms with Gasteiger partial charge in [0.1, 0.15) is 6.26 Å². The molecule has 1 N–H and O–H groups in total. The summed E-state index contributed by atoms with van der Waals surface area (Å²) in [6.07, 6.45) is 4.26. The minimum absolute atomic E-state index is 0.552. The van der Waals surface area contributed by atoms with E-state index >= 15 is 0 Å². The minimum Gasteiger partial charge on any atom is -0.430 e. The maximum atomic E-state index is 5.50. The number of nitrogens with one attached hydrogen (secondary N) is 1. The highest BCUT2D eigenvalue weighted by atomic mass is 16.4. The number of aryl methyl sites for hydroxylation is 1. The molecule has 0 amide bonds. The topological polar surface area (TPSA) is 55.9 Å². The smallest absolute Gasteiger partial charge is 0.323 e. The molecule has 18 heavy (non-hydrogen) atoms. The molecule has 0 atom stereocenters. The van der Waals surface area contributed by atoms with Crippen molar-refractivity contribution in [2.75, 3.05) is 0 Å². The van der Waals surface area contributed by atoms with Gasteiger partial charge in [0.2, 0.25) is 0 Å². The van der Waals surface area contributed by atoms with E-state index in [2.05, 4.69) is 22.3 Å². The van der Waals surface area contributed by atoms with E-state index in [1.165, 1.54) is 18.4 Å². The standard InChI is InChI=1S/C13H18N4O/c1-8-9(2)16-17(10(8)3)13-15-12(7-18-13)6-14-11-4-5-11/h7,11,14H,4-6H2,1-3H3. The summed E-state index contributed by atoms with van der Waals surface area (Å²) in [5.41, 5.74) is 4.22. The first-order valence-corrected chi connectivity index (χ1v) is 6.36. The molecule has 5 heteroatoms. The van der Waals surface area contributed by atoms with Gasteiger partial charge >= 0.3 is 6.01 Å². The molecule has 2 aromatic rings. The monoisotopic (exact) mass is 246 g/mol. The van der Waals surface area contributed by atoms with Crippen molar-refractivity contribution in [3.05, 3.63) is 28.9 Å². The normalized spacial score (nSPS) is 15.3. The van der Waals surface area contributed by atoms with E-state index in [-0.39, 0.29) is 0 Å². The van der Waals surface area contributed by atoms with E-state index in [0.717, 1.165) is 23.6 Å². The van der Waals surface area contributed by atoms with Crippen LogP contribution in [0, 0.1) is 20.8 Å². The van der Waals surface area contributed by atoms with Crippen molar-refractivity contribution in [3.8, 4) is 6.01 Å². The van der Waals surface area contributed by atoms with Crippen molar-refractivity contribution in [2.45, 2.75) is 46.2 Å². The number of hydrogen-bond acceptors (Lipinski definition) is 4. The lowest BCUT2D eigenvalue weighted by molar-refractivity contribution is 0.504. The molecule has 1 aliphatic carbocycles. The van der Waals surface area contributed by atoms with Crippen LogP contribution in [0.25, 0.3) is 6.01 Å². The molecule has 0 bridgehead atoms. The van der Waals surface area contributed by atoms with Crippen molar-refractivity contribution >= 4 is 0 Å². The second kappa shape index (κ2) is 4.24. The lowest BCUT2D eigenvalue weighted by atomic mass is 10.2. The molecule has 96 valence electrons. The summed E-state index contributed by atoms with van der Waals surface area (Å²) in [5.74, 6) is 0. The zero-order valence-corrected chi connectivity index (χ0v) is 11.0. The molecule has 1 saturated carbocycles. The minimum atomic E-state index is 0.552. The number of rotatable bonds is 4. The van der Waals surface area contributed by atoms with Crippen LogP contribution in [0.2, 0.25) is 0 Å². The summed E-state index contributed by atoms with van der Waals surface area (Å²) in [4.78, 5) is 4.47. The first kappa shape index (κ1) is 11.5. The summed E-state index contributed by atoms with van der Waals surface area (Å²) in [6.45, 7) is 6.86. The average molecular weight is 246 g/mol. The SMILES string of the molecule is Cc1nn(-c2nc(CNC3CC3)co2)c(C)c1C. The molecule has 2 heterocycles. The third-order valence-corrected chi connectivity index (χ3v) is 3.52. The molecule has 0 unspecified atom stereocenters. The zero-order valence-electron chi connectivity index (χ0n) is 11.0. The van der Waals surface area contributed by atoms with Crippen LogP contribution in [0.3, 0.4) is 0 Å². The van der Waals surface area contributed by atoms with Crippen LogP contribution >= 0.6 is 0 Å². The van der Waals surface area contributed by atoms with Gasteiger partial charge in [0.05, 0.1) is 11.4 Å².